The lowest BCUT2D eigenvalue weighted by molar-refractivity contribution is -0.147. The van der Waals surface area contributed by atoms with Gasteiger partial charge in [-0.15, -0.1) is 0 Å². The number of hydrogen-bond donors (Lipinski definition) is 2. The van der Waals surface area contributed by atoms with E-state index in [1.54, 1.807) is 45.0 Å². The average molecular weight is 327 g/mol. The van der Waals surface area contributed by atoms with Gasteiger partial charge in [0, 0.05) is 10.6 Å². The average Bonchev–Trinajstić information content (AvgIpc) is 2.37. The number of nitrogens with one attached hydrogen (secondary N) is 2. The SMILES string of the molecule is CC(C)(C)NC(=O)NC(=O)COC(=O)Cc1ccccc1Cl. The largest absolute Gasteiger partial charge is 0.455 e. The zero-order chi connectivity index (χ0) is 16.8. The van der Waals surface area contributed by atoms with Gasteiger partial charge < -0.3 is 10.1 Å². The van der Waals surface area contributed by atoms with E-state index < -0.39 is 30.1 Å². The van der Waals surface area contributed by atoms with Crippen molar-refractivity contribution >= 4 is 29.5 Å². The van der Waals surface area contributed by atoms with Crippen LogP contribution in [0.15, 0.2) is 24.3 Å². The Morgan fingerprint density at radius 2 is 1.82 bits per heavy atom. The summed E-state index contributed by atoms with van der Waals surface area (Å²) in [5.41, 5.74) is 0.144. The van der Waals surface area contributed by atoms with Crippen molar-refractivity contribution in [3.05, 3.63) is 34.9 Å². The second-order valence-corrected chi connectivity index (χ2v) is 6.09. The lowest BCUT2D eigenvalue weighted by atomic mass is 10.1. The van der Waals surface area contributed by atoms with Crippen LogP contribution in [0.5, 0.6) is 0 Å². The van der Waals surface area contributed by atoms with E-state index in [9.17, 15) is 14.4 Å². The molecule has 1 aromatic carbocycles. The number of benzene rings is 1. The van der Waals surface area contributed by atoms with Crippen LogP contribution in [0.2, 0.25) is 5.02 Å². The van der Waals surface area contributed by atoms with E-state index in [4.69, 9.17) is 16.3 Å². The van der Waals surface area contributed by atoms with Crippen LogP contribution >= 0.6 is 11.6 Å². The Labute approximate surface area is 134 Å². The second-order valence-electron chi connectivity index (χ2n) is 5.68. The van der Waals surface area contributed by atoms with Gasteiger partial charge in [-0.25, -0.2) is 4.79 Å². The second kappa shape index (κ2) is 7.79. The van der Waals surface area contributed by atoms with E-state index in [1.807, 2.05) is 0 Å². The fourth-order valence-electron chi connectivity index (χ4n) is 1.53. The molecule has 0 spiro atoms. The molecule has 2 N–H and O–H groups in total. The molecule has 0 saturated carbocycles. The van der Waals surface area contributed by atoms with Gasteiger partial charge >= 0.3 is 12.0 Å². The summed E-state index contributed by atoms with van der Waals surface area (Å²) in [6.07, 6.45) is -0.0405. The molecule has 0 atom stereocenters. The van der Waals surface area contributed by atoms with Crippen LogP contribution in [-0.4, -0.2) is 30.1 Å². The van der Waals surface area contributed by atoms with Gasteiger partial charge in [0.15, 0.2) is 6.61 Å². The zero-order valence-corrected chi connectivity index (χ0v) is 13.5. The third-order valence-electron chi connectivity index (χ3n) is 2.40. The minimum atomic E-state index is -0.700. The number of urea groups is 1. The highest BCUT2D eigenvalue weighted by Gasteiger charge is 2.16. The van der Waals surface area contributed by atoms with Crippen molar-refractivity contribution in [1.29, 1.82) is 0 Å². The Morgan fingerprint density at radius 1 is 1.18 bits per heavy atom. The Bertz CT molecular complexity index is 567. The summed E-state index contributed by atoms with van der Waals surface area (Å²) >= 11 is 5.92. The smallest absolute Gasteiger partial charge is 0.321 e. The van der Waals surface area contributed by atoms with Gasteiger partial charge in [0.25, 0.3) is 5.91 Å². The Morgan fingerprint density at radius 3 is 2.41 bits per heavy atom. The van der Waals surface area contributed by atoms with Crippen LogP contribution in [0.3, 0.4) is 0 Å². The van der Waals surface area contributed by atoms with Gasteiger partial charge in [0.1, 0.15) is 0 Å². The monoisotopic (exact) mass is 326 g/mol. The summed E-state index contributed by atoms with van der Waals surface area (Å²) in [4.78, 5) is 34.6. The standard InChI is InChI=1S/C15H19ClN2O4/c1-15(2,3)18-14(21)17-12(19)9-22-13(20)8-10-6-4-5-7-11(10)16/h4-7H,8-9H2,1-3H3,(H2,17,18,19,21). The zero-order valence-electron chi connectivity index (χ0n) is 12.7. The summed E-state index contributed by atoms with van der Waals surface area (Å²) in [6, 6.07) is 6.21. The summed E-state index contributed by atoms with van der Waals surface area (Å²) in [5.74, 6) is -1.30. The maximum atomic E-state index is 11.6. The highest BCUT2D eigenvalue weighted by atomic mass is 35.5. The molecule has 3 amide bonds. The van der Waals surface area contributed by atoms with Gasteiger partial charge in [-0.2, -0.15) is 0 Å². The molecule has 120 valence electrons. The van der Waals surface area contributed by atoms with Crippen LogP contribution in [0.25, 0.3) is 0 Å². The van der Waals surface area contributed by atoms with Gasteiger partial charge in [0.2, 0.25) is 0 Å². The maximum absolute atomic E-state index is 11.6. The molecule has 0 heterocycles. The molecule has 6 nitrogen and oxygen atoms in total. The molecule has 7 heteroatoms. The number of rotatable bonds is 4. The quantitative estimate of drug-likeness (QED) is 0.829. The fourth-order valence-corrected chi connectivity index (χ4v) is 1.73. The molecule has 0 radical (unpaired) electrons. The highest BCUT2D eigenvalue weighted by molar-refractivity contribution is 6.31. The van der Waals surface area contributed by atoms with Crippen molar-refractivity contribution in [2.24, 2.45) is 0 Å². The van der Waals surface area contributed by atoms with E-state index in [1.165, 1.54) is 0 Å². The van der Waals surface area contributed by atoms with Crippen molar-refractivity contribution in [2.75, 3.05) is 6.61 Å². The molecule has 1 aromatic rings. The molecule has 0 aromatic heterocycles. The predicted molar refractivity (Wildman–Crippen MR) is 82.5 cm³/mol. The number of amides is 3. The molecule has 1 rings (SSSR count). The molecule has 0 aliphatic rings. The van der Waals surface area contributed by atoms with Crippen LogP contribution in [0.1, 0.15) is 26.3 Å². The summed E-state index contributed by atoms with van der Waals surface area (Å²) in [7, 11) is 0. The third-order valence-corrected chi connectivity index (χ3v) is 2.77. The van der Waals surface area contributed by atoms with E-state index in [-0.39, 0.29) is 6.42 Å². The fraction of sp³-hybridized carbons (Fsp3) is 0.400. The molecule has 0 aliphatic carbocycles. The number of ether oxygens (including phenoxy) is 1. The van der Waals surface area contributed by atoms with Crippen LogP contribution in [0, 0.1) is 0 Å². The van der Waals surface area contributed by atoms with Gasteiger partial charge in [-0.05, 0) is 32.4 Å². The summed E-state index contributed by atoms with van der Waals surface area (Å²) < 4.78 is 4.80. The van der Waals surface area contributed by atoms with E-state index in [0.717, 1.165) is 0 Å². The van der Waals surface area contributed by atoms with Gasteiger partial charge in [-0.3, -0.25) is 14.9 Å². The molecule has 22 heavy (non-hydrogen) atoms. The number of carbonyl (C=O) groups excluding carboxylic acids is 3. The highest BCUT2D eigenvalue weighted by Crippen LogP contribution is 2.15. The van der Waals surface area contributed by atoms with Crippen molar-refractivity contribution in [1.82, 2.24) is 10.6 Å². The van der Waals surface area contributed by atoms with Crippen molar-refractivity contribution < 1.29 is 19.1 Å². The minimum Gasteiger partial charge on any atom is -0.455 e. The maximum Gasteiger partial charge on any atom is 0.321 e. The molecular weight excluding hydrogens is 308 g/mol. The Balaban J connectivity index is 2.36. The van der Waals surface area contributed by atoms with Crippen molar-refractivity contribution in [2.45, 2.75) is 32.7 Å². The molecule has 0 bridgehead atoms. The van der Waals surface area contributed by atoms with Crippen LogP contribution in [0.4, 0.5) is 4.79 Å². The van der Waals surface area contributed by atoms with E-state index in [2.05, 4.69) is 10.6 Å². The molecular formula is C15H19ClN2O4. The number of halogens is 1. The molecule has 0 fully saturated rings. The molecule has 0 unspecified atom stereocenters. The number of esters is 1. The van der Waals surface area contributed by atoms with E-state index >= 15 is 0 Å². The molecule has 0 aliphatic heterocycles. The van der Waals surface area contributed by atoms with Gasteiger partial charge in [-0.1, -0.05) is 29.8 Å². The molecule has 0 saturated heterocycles. The minimum absolute atomic E-state index is 0.0405. The Hall–Kier alpha value is -2.08. The first-order valence-corrected chi connectivity index (χ1v) is 7.06. The third kappa shape index (κ3) is 7.08. The van der Waals surface area contributed by atoms with Crippen LogP contribution < -0.4 is 10.6 Å². The lowest BCUT2D eigenvalue weighted by Gasteiger charge is -2.20. The van der Waals surface area contributed by atoms with Gasteiger partial charge in [0.05, 0.1) is 6.42 Å². The predicted octanol–water partition coefficient (Wildman–Crippen LogP) is 2.05. The first kappa shape index (κ1) is 18.0. The normalized spacial score (nSPS) is 10.7. The van der Waals surface area contributed by atoms with Crippen molar-refractivity contribution in [3.8, 4) is 0 Å². The number of carbonyl (C=O) groups is 3. The number of imide groups is 1. The lowest BCUT2D eigenvalue weighted by Crippen LogP contribution is -2.49. The first-order valence-electron chi connectivity index (χ1n) is 6.68. The summed E-state index contributed by atoms with van der Waals surface area (Å²) in [5, 5.41) is 5.08. The Kier molecular flexibility index (Phi) is 6.37. The topological polar surface area (TPSA) is 84.5 Å². The summed E-state index contributed by atoms with van der Waals surface area (Å²) in [6.45, 7) is 4.81. The first-order chi connectivity index (χ1) is 10.2. The van der Waals surface area contributed by atoms with Crippen molar-refractivity contribution in [3.63, 3.8) is 0 Å². The van der Waals surface area contributed by atoms with E-state index in [0.29, 0.717) is 10.6 Å². The number of hydrogen-bond acceptors (Lipinski definition) is 4. The van der Waals surface area contributed by atoms with Crippen LogP contribution in [-0.2, 0) is 20.7 Å².